The van der Waals surface area contributed by atoms with Gasteiger partial charge in [-0.15, -0.1) is 0 Å². The number of nitrogens with one attached hydrogen (secondary N) is 2. The average Bonchev–Trinajstić information content (AvgIpc) is 2.50. The minimum atomic E-state index is -0.184. The number of carbonyl (C=O) groups is 1. The maximum Gasteiger partial charge on any atom is 0.319 e. The van der Waals surface area contributed by atoms with Gasteiger partial charge in [0.1, 0.15) is 0 Å². The van der Waals surface area contributed by atoms with Crippen molar-refractivity contribution in [2.45, 2.75) is 9.79 Å². The molecule has 0 fully saturated rings. The number of benzene rings is 1. The molecule has 0 radical (unpaired) electrons. The molecule has 5 nitrogen and oxygen atoms in total. The van der Waals surface area contributed by atoms with Crippen LogP contribution in [0, 0.1) is 0 Å². The van der Waals surface area contributed by atoms with Crippen molar-refractivity contribution < 1.29 is 4.79 Å². The van der Waals surface area contributed by atoms with E-state index in [-0.39, 0.29) is 6.03 Å². The molecule has 0 saturated carbocycles. The maximum absolute atomic E-state index is 11.7. The molecule has 0 saturated heterocycles. The predicted molar refractivity (Wildman–Crippen MR) is 90.4 cm³/mol. The molecule has 22 heavy (non-hydrogen) atoms. The quantitative estimate of drug-likeness (QED) is 0.860. The van der Waals surface area contributed by atoms with Gasteiger partial charge in [0.2, 0.25) is 0 Å². The van der Waals surface area contributed by atoms with Crippen molar-refractivity contribution in [1.29, 1.82) is 0 Å². The van der Waals surface area contributed by atoms with E-state index in [0.717, 1.165) is 22.0 Å². The van der Waals surface area contributed by atoms with Crippen molar-refractivity contribution in [1.82, 2.24) is 15.2 Å². The number of carbonyl (C=O) groups excluding carboxylic acids is 1. The van der Waals surface area contributed by atoms with Crippen molar-refractivity contribution in [2.75, 3.05) is 32.5 Å². The second kappa shape index (κ2) is 8.41. The highest BCUT2D eigenvalue weighted by Crippen LogP contribution is 2.27. The fourth-order valence-corrected chi connectivity index (χ4v) is 2.52. The van der Waals surface area contributed by atoms with Crippen molar-refractivity contribution >= 4 is 23.5 Å². The van der Waals surface area contributed by atoms with E-state index in [4.69, 9.17) is 0 Å². The molecule has 2 N–H and O–H groups in total. The second-order valence-corrected chi connectivity index (χ2v) is 6.14. The van der Waals surface area contributed by atoms with Crippen LogP contribution >= 0.6 is 11.8 Å². The minimum absolute atomic E-state index is 0.184. The lowest BCUT2D eigenvalue weighted by Crippen LogP contribution is -2.34. The molecule has 1 aromatic heterocycles. The molecule has 0 unspecified atom stereocenters. The first-order valence-corrected chi connectivity index (χ1v) is 7.82. The number of nitrogens with zero attached hydrogens (tertiary/aromatic N) is 2. The van der Waals surface area contributed by atoms with E-state index in [1.807, 2.05) is 55.4 Å². The van der Waals surface area contributed by atoms with Crippen molar-refractivity contribution in [3.8, 4) is 0 Å². The molecule has 2 amide bonds. The zero-order chi connectivity index (χ0) is 15.8. The van der Waals surface area contributed by atoms with E-state index in [1.165, 1.54) is 0 Å². The number of aromatic nitrogens is 1. The maximum atomic E-state index is 11.7. The summed E-state index contributed by atoms with van der Waals surface area (Å²) in [6, 6.07) is 11.5. The largest absolute Gasteiger partial charge is 0.337 e. The number of rotatable bonds is 6. The minimum Gasteiger partial charge on any atom is -0.337 e. The number of hydrogen-bond donors (Lipinski definition) is 2. The van der Waals surface area contributed by atoms with Gasteiger partial charge in [-0.3, -0.25) is 4.98 Å². The predicted octanol–water partition coefficient (Wildman–Crippen LogP) is 2.92. The third-order valence-electron chi connectivity index (χ3n) is 2.84. The number of hydrogen-bond acceptors (Lipinski definition) is 4. The number of pyridine rings is 1. The van der Waals surface area contributed by atoms with Crippen LogP contribution in [0.3, 0.4) is 0 Å². The number of anilines is 1. The number of amides is 2. The molecule has 0 spiro atoms. The lowest BCUT2D eigenvalue weighted by Gasteiger charge is -2.11. The van der Waals surface area contributed by atoms with Gasteiger partial charge in [-0.1, -0.05) is 11.8 Å². The topological polar surface area (TPSA) is 57.3 Å². The van der Waals surface area contributed by atoms with Crippen LogP contribution < -0.4 is 10.6 Å². The van der Waals surface area contributed by atoms with Crippen LogP contribution in [-0.4, -0.2) is 43.1 Å². The molecule has 1 heterocycles. The lowest BCUT2D eigenvalue weighted by molar-refractivity contribution is 0.250. The lowest BCUT2D eigenvalue weighted by atomic mass is 10.3. The Morgan fingerprint density at radius 3 is 2.36 bits per heavy atom. The Labute approximate surface area is 135 Å². The summed E-state index contributed by atoms with van der Waals surface area (Å²) in [5, 5.41) is 5.63. The summed E-state index contributed by atoms with van der Waals surface area (Å²) < 4.78 is 0. The smallest absolute Gasteiger partial charge is 0.319 e. The van der Waals surface area contributed by atoms with E-state index >= 15 is 0 Å². The van der Waals surface area contributed by atoms with Gasteiger partial charge in [-0.25, -0.2) is 4.79 Å². The van der Waals surface area contributed by atoms with Crippen LogP contribution in [0.2, 0.25) is 0 Å². The summed E-state index contributed by atoms with van der Waals surface area (Å²) in [6.07, 6.45) is 3.55. The van der Waals surface area contributed by atoms with Crippen LogP contribution in [0.5, 0.6) is 0 Å². The Morgan fingerprint density at radius 1 is 1.09 bits per heavy atom. The summed E-state index contributed by atoms with van der Waals surface area (Å²) in [6.45, 7) is 1.43. The average molecular weight is 316 g/mol. The number of likely N-dealkylation sites (N-methyl/N-ethyl adjacent to an activating group) is 1. The summed E-state index contributed by atoms with van der Waals surface area (Å²) >= 11 is 1.66. The van der Waals surface area contributed by atoms with Crippen molar-refractivity contribution in [3.05, 3.63) is 48.8 Å². The molecule has 0 bridgehead atoms. The Kier molecular flexibility index (Phi) is 6.24. The molecule has 6 heteroatoms. The molecule has 0 aliphatic heterocycles. The highest BCUT2D eigenvalue weighted by Gasteiger charge is 2.02. The van der Waals surface area contributed by atoms with E-state index < -0.39 is 0 Å². The highest BCUT2D eigenvalue weighted by atomic mass is 32.2. The molecular formula is C16H20N4OS. The molecule has 0 atom stereocenters. The van der Waals surface area contributed by atoms with E-state index in [9.17, 15) is 4.79 Å². The molecule has 1 aromatic carbocycles. The number of urea groups is 1. The third-order valence-corrected chi connectivity index (χ3v) is 3.86. The summed E-state index contributed by atoms with van der Waals surface area (Å²) in [5.41, 5.74) is 0.779. The fourth-order valence-electron chi connectivity index (χ4n) is 1.72. The summed E-state index contributed by atoms with van der Waals surface area (Å²) in [5.74, 6) is 0. The standard InChI is InChI=1S/C16H20N4OS/c1-20(2)12-11-18-16(21)19-13-3-5-14(6-4-13)22-15-7-9-17-10-8-15/h3-10H,11-12H2,1-2H3,(H2,18,19,21). The first-order valence-electron chi connectivity index (χ1n) is 7.01. The Bertz CT molecular complexity index is 587. The monoisotopic (exact) mass is 316 g/mol. The summed E-state index contributed by atoms with van der Waals surface area (Å²) in [7, 11) is 3.94. The fraction of sp³-hybridized carbons (Fsp3) is 0.250. The molecule has 0 aliphatic rings. The van der Waals surface area contributed by atoms with Gasteiger partial charge < -0.3 is 15.5 Å². The molecule has 2 rings (SSSR count). The van der Waals surface area contributed by atoms with Crippen molar-refractivity contribution in [2.24, 2.45) is 0 Å². The van der Waals surface area contributed by atoms with Crippen LogP contribution in [0.15, 0.2) is 58.6 Å². The zero-order valence-corrected chi connectivity index (χ0v) is 13.6. The van der Waals surface area contributed by atoms with Gasteiger partial charge >= 0.3 is 6.03 Å². The van der Waals surface area contributed by atoms with Crippen molar-refractivity contribution in [3.63, 3.8) is 0 Å². The van der Waals surface area contributed by atoms with Crippen LogP contribution in [0.1, 0.15) is 0 Å². The van der Waals surface area contributed by atoms with E-state index in [0.29, 0.717) is 6.54 Å². The van der Waals surface area contributed by atoms with Crippen LogP contribution in [0.4, 0.5) is 10.5 Å². The van der Waals surface area contributed by atoms with E-state index in [2.05, 4.69) is 15.6 Å². The van der Waals surface area contributed by atoms with Gasteiger partial charge in [0.05, 0.1) is 0 Å². The zero-order valence-electron chi connectivity index (χ0n) is 12.7. The molecule has 2 aromatic rings. The Hall–Kier alpha value is -2.05. The van der Waals surface area contributed by atoms with Crippen LogP contribution in [-0.2, 0) is 0 Å². The Balaban J connectivity index is 1.82. The normalized spacial score (nSPS) is 10.5. The molecule has 0 aliphatic carbocycles. The van der Waals surface area contributed by atoms with Gasteiger partial charge in [0.15, 0.2) is 0 Å². The SMILES string of the molecule is CN(C)CCNC(=O)Nc1ccc(Sc2ccncc2)cc1. The summed E-state index contributed by atoms with van der Waals surface area (Å²) in [4.78, 5) is 20.0. The first kappa shape index (κ1) is 16.3. The highest BCUT2D eigenvalue weighted by molar-refractivity contribution is 7.99. The van der Waals surface area contributed by atoms with Crippen LogP contribution in [0.25, 0.3) is 0 Å². The van der Waals surface area contributed by atoms with Gasteiger partial charge in [-0.2, -0.15) is 0 Å². The van der Waals surface area contributed by atoms with Gasteiger partial charge in [0, 0.05) is 41.0 Å². The third kappa shape index (κ3) is 5.75. The second-order valence-electron chi connectivity index (χ2n) is 4.99. The van der Waals surface area contributed by atoms with Gasteiger partial charge in [0.25, 0.3) is 0 Å². The molecule has 116 valence electrons. The van der Waals surface area contributed by atoms with E-state index in [1.54, 1.807) is 24.2 Å². The first-order chi connectivity index (χ1) is 10.6. The Morgan fingerprint density at radius 2 is 1.73 bits per heavy atom. The van der Waals surface area contributed by atoms with Gasteiger partial charge in [-0.05, 0) is 50.5 Å². The molecular weight excluding hydrogens is 296 g/mol.